The van der Waals surface area contributed by atoms with Crippen molar-refractivity contribution in [2.24, 2.45) is 4.99 Å². The van der Waals surface area contributed by atoms with Crippen LogP contribution in [0.1, 0.15) is 59.9 Å². The molecular weight excluding hydrogens is 429 g/mol. The number of carbonyl (C=O) groups is 2. The Bertz CT molecular complexity index is 1100. The van der Waals surface area contributed by atoms with Gasteiger partial charge in [-0.1, -0.05) is 0 Å². The molecule has 0 spiro atoms. The van der Waals surface area contributed by atoms with Gasteiger partial charge in [0.25, 0.3) is 0 Å². The van der Waals surface area contributed by atoms with Gasteiger partial charge in [0.15, 0.2) is 11.7 Å². The highest BCUT2D eigenvalue weighted by Gasteiger charge is 2.37. The molecule has 1 aliphatic rings. The number of nitrogens with zero attached hydrogens (tertiary/aromatic N) is 3. The van der Waals surface area contributed by atoms with E-state index in [4.69, 9.17) is 9.47 Å². The largest absolute Gasteiger partial charge is 0.444 e. The first kappa shape index (κ1) is 24.2. The molecule has 1 aliphatic heterocycles. The average molecular weight is 460 g/mol. The summed E-state index contributed by atoms with van der Waals surface area (Å²) in [5.74, 6) is 0.0888. The number of nitrogens with one attached hydrogen (secondary N) is 2. The van der Waals surface area contributed by atoms with E-state index in [2.05, 4.69) is 20.6 Å². The molecule has 1 aromatic heterocycles. The first-order valence-electron chi connectivity index (χ1n) is 10.6. The van der Waals surface area contributed by atoms with Crippen molar-refractivity contribution in [1.82, 2.24) is 14.9 Å². The molecular formula is C23H30FN5O4. The Morgan fingerprint density at radius 1 is 1.06 bits per heavy atom. The summed E-state index contributed by atoms with van der Waals surface area (Å²) in [6.45, 7) is 12.5. The SMILES string of the molecule is CC(C)(C)OC(=O)NC1=N[C@](C)(c2cc(NC(=O)OC(C)(C)C)ccc2F)Cn2ccnc21. The van der Waals surface area contributed by atoms with Crippen LogP contribution in [-0.2, 0) is 21.6 Å². The fourth-order valence-electron chi connectivity index (χ4n) is 3.38. The number of rotatable bonds is 2. The van der Waals surface area contributed by atoms with Gasteiger partial charge in [-0.3, -0.25) is 15.6 Å². The van der Waals surface area contributed by atoms with Crippen molar-refractivity contribution >= 4 is 23.7 Å². The van der Waals surface area contributed by atoms with E-state index >= 15 is 0 Å². The monoisotopic (exact) mass is 459 g/mol. The zero-order chi connectivity index (χ0) is 24.6. The number of amides is 2. The number of imidazole rings is 1. The van der Waals surface area contributed by atoms with Gasteiger partial charge in [-0.05, 0) is 66.7 Å². The molecule has 178 valence electrons. The molecule has 2 N–H and O–H groups in total. The number of anilines is 1. The van der Waals surface area contributed by atoms with Crippen LogP contribution in [0.5, 0.6) is 0 Å². The van der Waals surface area contributed by atoms with E-state index in [9.17, 15) is 14.0 Å². The molecule has 3 rings (SSSR count). The van der Waals surface area contributed by atoms with E-state index in [1.165, 1.54) is 18.2 Å². The van der Waals surface area contributed by atoms with Crippen molar-refractivity contribution in [2.45, 2.75) is 71.8 Å². The molecule has 0 saturated heterocycles. The summed E-state index contributed by atoms with van der Waals surface area (Å²) >= 11 is 0. The second-order valence-electron chi connectivity index (χ2n) is 10.1. The summed E-state index contributed by atoms with van der Waals surface area (Å²) in [7, 11) is 0. The minimum Gasteiger partial charge on any atom is -0.444 e. The fourth-order valence-corrected chi connectivity index (χ4v) is 3.38. The van der Waals surface area contributed by atoms with E-state index in [0.717, 1.165) is 0 Å². The maximum absolute atomic E-state index is 15.0. The quantitative estimate of drug-likeness (QED) is 0.684. The molecule has 0 saturated carbocycles. The van der Waals surface area contributed by atoms with Gasteiger partial charge in [-0.2, -0.15) is 0 Å². The van der Waals surface area contributed by atoms with Crippen LogP contribution in [0.4, 0.5) is 19.7 Å². The predicted octanol–water partition coefficient (Wildman–Crippen LogP) is 4.57. The number of fused-ring (bicyclic) bond motifs is 1. The Hall–Kier alpha value is -3.43. The maximum Gasteiger partial charge on any atom is 0.413 e. The van der Waals surface area contributed by atoms with Crippen LogP contribution < -0.4 is 10.6 Å². The Balaban J connectivity index is 1.94. The number of hydrogen-bond donors (Lipinski definition) is 2. The van der Waals surface area contributed by atoms with E-state index in [1.807, 2.05) is 0 Å². The zero-order valence-electron chi connectivity index (χ0n) is 19.9. The van der Waals surface area contributed by atoms with Crippen molar-refractivity contribution in [3.63, 3.8) is 0 Å². The normalized spacial score (nSPS) is 18.1. The number of carbonyl (C=O) groups excluding carboxylic acids is 2. The number of aromatic nitrogens is 2. The summed E-state index contributed by atoms with van der Waals surface area (Å²) < 4.78 is 27.3. The van der Waals surface area contributed by atoms with Crippen molar-refractivity contribution < 1.29 is 23.5 Å². The van der Waals surface area contributed by atoms with Crippen LogP contribution in [-0.4, -0.2) is 38.8 Å². The lowest BCUT2D eigenvalue weighted by Crippen LogP contribution is -2.43. The van der Waals surface area contributed by atoms with Gasteiger partial charge in [-0.25, -0.2) is 19.0 Å². The molecule has 2 heterocycles. The Labute approximate surface area is 192 Å². The highest BCUT2D eigenvalue weighted by atomic mass is 19.1. The Kier molecular flexibility index (Phi) is 6.23. The van der Waals surface area contributed by atoms with Crippen molar-refractivity contribution in [3.8, 4) is 0 Å². The smallest absolute Gasteiger partial charge is 0.413 e. The molecule has 2 amide bonds. The van der Waals surface area contributed by atoms with Crippen molar-refractivity contribution in [3.05, 3.63) is 47.8 Å². The number of alkyl carbamates (subject to hydrolysis) is 1. The molecule has 1 atom stereocenters. The van der Waals surface area contributed by atoms with Gasteiger partial charge >= 0.3 is 12.2 Å². The van der Waals surface area contributed by atoms with Gasteiger partial charge < -0.3 is 14.0 Å². The van der Waals surface area contributed by atoms with E-state index in [-0.39, 0.29) is 17.9 Å². The minimum absolute atomic E-state index is 0.160. The molecule has 0 aliphatic carbocycles. The van der Waals surface area contributed by atoms with Crippen molar-refractivity contribution in [1.29, 1.82) is 0 Å². The van der Waals surface area contributed by atoms with Crippen LogP contribution in [0.25, 0.3) is 0 Å². The topological polar surface area (TPSA) is 107 Å². The molecule has 0 fully saturated rings. The predicted molar refractivity (Wildman–Crippen MR) is 122 cm³/mol. The third-order valence-corrected chi connectivity index (χ3v) is 4.58. The minimum atomic E-state index is -1.10. The average Bonchev–Trinajstić information content (AvgIpc) is 3.08. The molecule has 0 radical (unpaired) electrons. The van der Waals surface area contributed by atoms with Gasteiger partial charge in [0.1, 0.15) is 22.6 Å². The fraction of sp³-hybridized carbons (Fsp3) is 0.478. The Morgan fingerprint density at radius 3 is 2.27 bits per heavy atom. The van der Waals surface area contributed by atoms with Crippen LogP contribution >= 0.6 is 0 Å². The molecule has 1 aromatic carbocycles. The van der Waals surface area contributed by atoms with Crippen LogP contribution in [0.3, 0.4) is 0 Å². The Morgan fingerprint density at radius 2 is 1.67 bits per heavy atom. The molecule has 0 bridgehead atoms. The summed E-state index contributed by atoms with van der Waals surface area (Å²) in [5, 5.41) is 5.25. The number of benzene rings is 1. The number of aliphatic imine (C=N–C) groups is 1. The lowest BCUT2D eigenvalue weighted by molar-refractivity contribution is 0.0560. The standard InChI is InChI=1S/C23H30FN5O4/c1-21(2,3)32-19(30)26-14-8-9-16(24)15(12-14)23(7)13-29-11-10-25-18(29)17(28-23)27-20(31)33-22(4,5)6/h8-12H,13H2,1-7H3,(H,26,30)(H,27,28,31)/t23-/m0/s1. The second kappa shape index (κ2) is 8.49. The molecule has 2 aromatic rings. The summed E-state index contributed by atoms with van der Waals surface area (Å²) in [5.41, 5.74) is -1.89. The highest BCUT2D eigenvalue weighted by molar-refractivity contribution is 6.05. The number of halogens is 1. The van der Waals surface area contributed by atoms with E-state index in [1.54, 1.807) is 65.4 Å². The van der Waals surface area contributed by atoms with Crippen LogP contribution in [0.2, 0.25) is 0 Å². The third-order valence-electron chi connectivity index (χ3n) is 4.58. The third kappa shape index (κ3) is 6.09. The van der Waals surface area contributed by atoms with Gasteiger partial charge in [0.2, 0.25) is 0 Å². The lowest BCUT2D eigenvalue weighted by atomic mass is 9.90. The summed E-state index contributed by atoms with van der Waals surface area (Å²) in [6, 6.07) is 4.21. The molecule has 33 heavy (non-hydrogen) atoms. The van der Waals surface area contributed by atoms with Crippen LogP contribution in [0.15, 0.2) is 35.6 Å². The first-order chi connectivity index (χ1) is 15.2. The maximum atomic E-state index is 15.0. The van der Waals surface area contributed by atoms with E-state index in [0.29, 0.717) is 11.5 Å². The number of hydrogen-bond acceptors (Lipinski definition) is 6. The molecule has 10 heteroatoms. The number of amidine groups is 1. The summed E-state index contributed by atoms with van der Waals surface area (Å²) in [6.07, 6.45) is 1.95. The highest BCUT2D eigenvalue weighted by Crippen LogP contribution is 2.35. The lowest BCUT2D eigenvalue weighted by Gasteiger charge is -2.33. The zero-order valence-corrected chi connectivity index (χ0v) is 19.9. The molecule has 0 unspecified atom stereocenters. The second-order valence-corrected chi connectivity index (χ2v) is 10.1. The van der Waals surface area contributed by atoms with Gasteiger partial charge in [0.05, 0.1) is 6.54 Å². The van der Waals surface area contributed by atoms with Gasteiger partial charge in [0, 0.05) is 23.6 Å². The first-order valence-corrected chi connectivity index (χ1v) is 10.6. The van der Waals surface area contributed by atoms with Crippen LogP contribution in [0, 0.1) is 5.82 Å². The van der Waals surface area contributed by atoms with Crippen molar-refractivity contribution in [2.75, 3.05) is 5.32 Å². The van der Waals surface area contributed by atoms with E-state index < -0.39 is 34.7 Å². The summed E-state index contributed by atoms with van der Waals surface area (Å²) in [4.78, 5) is 33.4. The van der Waals surface area contributed by atoms with Gasteiger partial charge in [-0.15, -0.1) is 0 Å². The molecule has 9 nitrogen and oxygen atoms in total. The number of ether oxygens (including phenoxy) is 2.